The number of aromatic amines is 1. The Balaban J connectivity index is 1.85. The first-order valence-electron chi connectivity index (χ1n) is 7.53. The van der Waals surface area contributed by atoms with Crippen molar-refractivity contribution < 1.29 is 0 Å². The SMILES string of the molecule is Cc1cc(=O)[nH]c(NN=Cc2c(C)nn(-c3ccccc3)c2C)n1. The zero-order valence-corrected chi connectivity index (χ0v) is 13.7. The third-order valence-corrected chi connectivity index (χ3v) is 3.58. The lowest BCUT2D eigenvalue weighted by atomic mass is 10.2. The maximum atomic E-state index is 11.4. The number of para-hydroxylation sites is 1. The van der Waals surface area contributed by atoms with Gasteiger partial charge < -0.3 is 0 Å². The van der Waals surface area contributed by atoms with E-state index in [1.165, 1.54) is 6.07 Å². The molecule has 0 bridgehead atoms. The maximum Gasteiger partial charge on any atom is 0.252 e. The lowest BCUT2D eigenvalue weighted by Gasteiger charge is -2.03. The average molecular weight is 322 g/mol. The molecule has 0 radical (unpaired) electrons. The number of hydrogen-bond acceptors (Lipinski definition) is 5. The summed E-state index contributed by atoms with van der Waals surface area (Å²) < 4.78 is 1.88. The Morgan fingerprint density at radius 1 is 1.21 bits per heavy atom. The van der Waals surface area contributed by atoms with Gasteiger partial charge >= 0.3 is 0 Å². The first kappa shape index (κ1) is 15.7. The second-order valence-corrected chi connectivity index (χ2v) is 5.44. The van der Waals surface area contributed by atoms with Crippen molar-refractivity contribution >= 4 is 12.2 Å². The van der Waals surface area contributed by atoms with Gasteiger partial charge in [0.2, 0.25) is 5.95 Å². The summed E-state index contributed by atoms with van der Waals surface area (Å²) in [5, 5.41) is 8.72. The van der Waals surface area contributed by atoms with Gasteiger partial charge in [-0.1, -0.05) is 18.2 Å². The highest BCUT2D eigenvalue weighted by Gasteiger charge is 2.10. The highest BCUT2D eigenvalue weighted by Crippen LogP contribution is 2.16. The number of benzene rings is 1. The number of hydrogen-bond donors (Lipinski definition) is 2. The number of nitrogens with one attached hydrogen (secondary N) is 2. The fraction of sp³-hybridized carbons (Fsp3) is 0.176. The molecule has 7 heteroatoms. The van der Waals surface area contributed by atoms with Gasteiger partial charge in [0.25, 0.3) is 5.56 Å². The fourth-order valence-electron chi connectivity index (χ4n) is 2.45. The van der Waals surface area contributed by atoms with Crippen molar-refractivity contribution in [2.45, 2.75) is 20.8 Å². The highest BCUT2D eigenvalue weighted by atomic mass is 16.1. The van der Waals surface area contributed by atoms with E-state index in [1.54, 1.807) is 13.1 Å². The van der Waals surface area contributed by atoms with Crippen LogP contribution >= 0.6 is 0 Å². The summed E-state index contributed by atoms with van der Waals surface area (Å²) in [7, 11) is 0. The molecule has 7 nitrogen and oxygen atoms in total. The average Bonchev–Trinajstić information content (AvgIpc) is 2.83. The second-order valence-electron chi connectivity index (χ2n) is 5.44. The molecule has 2 heterocycles. The number of aromatic nitrogens is 4. The zero-order valence-electron chi connectivity index (χ0n) is 13.7. The molecular weight excluding hydrogens is 304 g/mol. The van der Waals surface area contributed by atoms with E-state index in [-0.39, 0.29) is 5.56 Å². The molecule has 1 aromatic carbocycles. The molecule has 0 amide bonds. The Morgan fingerprint density at radius 3 is 2.67 bits per heavy atom. The van der Waals surface area contributed by atoms with E-state index in [1.807, 2.05) is 48.9 Å². The molecule has 0 fully saturated rings. The summed E-state index contributed by atoms with van der Waals surface area (Å²) in [4.78, 5) is 18.2. The first-order chi connectivity index (χ1) is 11.5. The van der Waals surface area contributed by atoms with Gasteiger partial charge in [0.1, 0.15) is 0 Å². The van der Waals surface area contributed by atoms with Crippen LogP contribution in [-0.4, -0.2) is 26.0 Å². The van der Waals surface area contributed by atoms with Gasteiger partial charge in [-0.25, -0.2) is 15.1 Å². The van der Waals surface area contributed by atoms with Gasteiger partial charge in [0.15, 0.2) is 0 Å². The topological polar surface area (TPSA) is 88.0 Å². The molecule has 0 spiro atoms. The molecule has 0 unspecified atom stereocenters. The van der Waals surface area contributed by atoms with Gasteiger partial charge in [-0.2, -0.15) is 10.2 Å². The van der Waals surface area contributed by atoms with Crippen molar-refractivity contribution in [1.82, 2.24) is 19.7 Å². The zero-order chi connectivity index (χ0) is 17.1. The van der Waals surface area contributed by atoms with Crippen LogP contribution < -0.4 is 11.0 Å². The van der Waals surface area contributed by atoms with Crippen LogP contribution in [0.3, 0.4) is 0 Å². The van der Waals surface area contributed by atoms with Crippen molar-refractivity contribution in [1.29, 1.82) is 0 Å². The van der Waals surface area contributed by atoms with Crippen LogP contribution in [0.15, 0.2) is 46.3 Å². The van der Waals surface area contributed by atoms with E-state index < -0.39 is 0 Å². The molecule has 2 N–H and O–H groups in total. The normalized spacial score (nSPS) is 11.1. The van der Waals surface area contributed by atoms with Crippen molar-refractivity contribution in [3.8, 4) is 5.69 Å². The molecule has 0 aliphatic carbocycles. The van der Waals surface area contributed by atoms with Crippen molar-refractivity contribution in [3.05, 3.63) is 69.4 Å². The molecule has 0 aliphatic heterocycles. The van der Waals surface area contributed by atoms with Crippen LogP contribution in [0.4, 0.5) is 5.95 Å². The van der Waals surface area contributed by atoms with Crippen LogP contribution in [0.1, 0.15) is 22.6 Å². The Kier molecular flexibility index (Phi) is 4.24. The van der Waals surface area contributed by atoms with Crippen LogP contribution in [0.2, 0.25) is 0 Å². The van der Waals surface area contributed by atoms with Crippen molar-refractivity contribution in [2.75, 3.05) is 5.43 Å². The van der Waals surface area contributed by atoms with Gasteiger partial charge in [0.05, 0.1) is 23.3 Å². The smallest absolute Gasteiger partial charge is 0.252 e. The summed E-state index contributed by atoms with van der Waals surface area (Å²) in [5.74, 6) is 0.307. The lowest BCUT2D eigenvalue weighted by molar-refractivity contribution is 0.833. The molecule has 3 aromatic rings. The van der Waals surface area contributed by atoms with E-state index in [4.69, 9.17) is 0 Å². The number of nitrogens with zero attached hydrogens (tertiary/aromatic N) is 4. The van der Waals surface area contributed by atoms with E-state index in [0.29, 0.717) is 11.6 Å². The van der Waals surface area contributed by atoms with E-state index in [0.717, 1.165) is 22.6 Å². The fourth-order valence-corrected chi connectivity index (χ4v) is 2.45. The van der Waals surface area contributed by atoms with Crippen molar-refractivity contribution in [3.63, 3.8) is 0 Å². The molecule has 0 saturated heterocycles. The van der Waals surface area contributed by atoms with Crippen LogP contribution in [0, 0.1) is 20.8 Å². The predicted molar refractivity (Wildman–Crippen MR) is 93.8 cm³/mol. The Bertz CT molecular complexity index is 939. The van der Waals surface area contributed by atoms with E-state index >= 15 is 0 Å². The first-order valence-corrected chi connectivity index (χ1v) is 7.53. The minimum Gasteiger partial charge on any atom is -0.291 e. The number of H-pyrrole nitrogens is 1. The number of rotatable bonds is 4. The summed E-state index contributed by atoms with van der Waals surface area (Å²) >= 11 is 0. The molecule has 3 rings (SSSR count). The van der Waals surface area contributed by atoms with Gasteiger partial charge in [-0.15, -0.1) is 0 Å². The maximum absolute atomic E-state index is 11.4. The predicted octanol–water partition coefficient (Wildman–Crippen LogP) is 2.33. The molecule has 2 aromatic heterocycles. The largest absolute Gasteiger partial charge is 0.291 e. The van der Waals surface area contributed by atoms with Crippen LogP contribution in [-0.2, 0) is 0 Å². The van der Waals surface area contributed by atoms with E-state index in [2.05, 4.69) is 25.6 Å². The summed E-state index contributed by atoms with van der Waals surface area (Å²) in [6.45, 7) is 5.67. The van der Waals surface area contributed by atoms with Gasteiger partial charge in [0, 0.05) is 17.3 Å². The number of hydrazone groups is 1. The molecule has 24 heavy (non-hydrogen) atoms. The lowest BCUT2D eigenvalue weighted by Crippen LogP contribution is -2.10. The standard InChI is InChI=1S/C17H18N6O/c1-11-9-16(24)20-17(19-11)21-18-10-15-12(2)22-23(13(15)3)14-7-5-4-6-8-14/h4-10H,1-3H3,(H2,19,20,21,24). The molecular formula is C17H18N6O. The molecule has 122 valence electrons. The highest BCUT2D eigenvalue weighted by molar-refractivity contribution is 5.83. The molecule has 0 aliphatic rings. The quantitative estimate of drug-likeness (QED) is 0.570. The second kappa shape index (κ2) is 6.49. The van der Waals surface area contributed by atoms with Crippen molar-refractivity contribution in [2.24, 2.45) is 5.10 Å². The molecule has 0 atom stereocenters. The third-order valence-electron chi connectivity index (χ3n) is 3.58. The van der Waals surface area contributed by atoms with E-state index in [9.17, 15) is 4.79 Å². The van der Waals surface area contributed by atoms with Crippen LogP contribution in [0.25, 0.3) is 5.69 Å². The number of aryl methyl sites for hydroxylation is 2. The molecule has 0 saturated carbocycles. The Labute approximate surface area is 139 Å². The minimum absolute atomic E-state index is 0.218. The number of anilines is 1. The Hall–Kier alpha value is -3.22. The third kappa shape index (κ3) is 3.24. The Morgan fingerprint density at radius 2 is 1.96 bits per heavy atom. The minimum atomic E-state index is -0.218. The van der Waals surface area contributed by atoms with Crippen LogP contribution in [0.5, 0.6) is 0 Å². The van der Waals surface area contributed by atoms with Gasteiger partial charge in [-0.3, -0.25) is 9.78 Å². The summed E-state index contributed by atoms with van der Waals surface area (Å²) in [6, 6.07) is 11.3. The summed E-state index contributed by atoms with van der Waals surface area (Å²) in [5.41, 5.74) is 6.91. The monoisotopic (exact) mass is 322 g/mol. The summed E-state index contributed by atoms with van der Waals surface area (Å²) in [6.07, 6.45) is 1.68. The van der Waals surface area contributed by atoms with Gasteiger partial charge in [-0.05, 0) is 32.9 Å².